The van der Waals surface area contributed by atoms with E-state index >= 15 is 0 Å². The Morgan fingerprint density at radius 1 is 1.17 bits per heavy atom. The average Bonchev–Trinajstić information content (AvgIpc) is 2.54. The molecule has 0 heterocycles. The molecule has 0 aliphatic carbocycles. The molecule has 0 aromatic heterocycles. The Hall–Kier alpha value is -2.11. The number of halogens is 2. The van der Waals surface area contributed by atoms with Crippen LogP contribution in [-0.2, 0) is 11.3 Å². The molecule has 0 spiro atoms. The first-order valence-corrected chi connectivity index (χ1v) is 7.45. The van der Waals surface area contributed by atoms with E-state index in [1.807, 2.05) is 0 Å². The molecule has 0 saturated heterocycles. The van der Waals surface area contributed by atoms with Gasteiger partial charge in [-0.3, -0.25) is 0 Å². The van der Waals surface area contributed by atoms with Gasteiger partial charge in [-0.15, -0.1) is 0 Å². The number of carbonyl (C=O) groups excluding carboxylic acids is 1. The average molecular weight is 357 g/mol. The van der Waals surface area contributed by atoms with Crippen LogP contribution in [0.4, 0.5) is 0 Å². The molecule has 23 heavy (non-hydrogen) atoms. The second kappa shape index (κ2) is 7.94. The lowest BCUT2D eigenvalue weighted by Crippen LogP contribution is -2.03. The monoisotopic (exact) mass is 356 g/mol. The molecule has 0 bridgehead atoms. The van der Waals surface area contributed by atoms with Gasteiger partial charge in [0.25, 0.3) is 0 Å². The topological polar surface area (TPSA) is 65.0 Å². The molecule has 0 unspecified atom stereocenters. The van der Waals surface area contributed by atoms with Crippen molar-refractivity contribution in [1.82, 2.24) is 0 Å². The molecular weight excluding hydrogens is 343 g/mol. The summed E-state index contributed by atoms with van der Waals surface area (Å²) in [5.41, 5.74) is 0.880. The number of ether oxygens (including phenoxy) is 3. The van der Waals surface area contributed by atoms with Crippen LogP contribution in [0.1, 0.15) is 15.9 Å². The van der Waals surface area contributed by atoms with Gasteiger partial charge in [0.1, 0.15) is 17.9 Å². The fourth-order valence-electron chi connectivity index (χ4n) is 1.84. The Kier molecular flexibility index (Phi) is 5.96. The summed E-state index contributed by atoms with van der Waals surface area (Å²) in [6.07, 6.45) is 0. The summed E-state index contributed by atoms with van der Waals surface area (Å²) in [7, 11) is 1.24. The SMILES string of the molecule is COC(=O)c1cccc(OCc2ccc(OC(Cl)Cl)cc2)c1O. The van der Waals surface area contributed by atoms with Crippen LogP contribution < -0.4 is 9.47 Å². The van der Waals surface area contributed by atoms with Gasteiger partial charge in [-0.1, -0.05) is 41.4 Å². The number of hydrogen-bond donors (Lipinski definition) is 1. The van der Waals surface area contributed by atoms with Crippen molar-refractivity contribution < 1.29 is 24.1 Å². The molecule has 1 N–H and O–H groups in total. The van der Waals surface area contributed by atoms with E-state index in [1.54, 1.807) is 36.4 Å². The summed E-state index contributed by atoms with van der Waals surface area (Å²) >= 11 is 11.0. The number of alkyl halides is 2. The number of para-hydroxylation sites is 1. The number of hydrogen-bond acceptors (Lipinski definition) is 5. The van der Waals surface area contributed by atoms with Crippen LogP contribution in [-0.4, -0.2) is 23.2 Å². The Morgan fingerprint density at radius 2 is 1.87 bits per heavy atom. The predicted molar refractivity (Wildman–Crippen MR) is 86.3 cm³/mol. The van der Waals surface area contributed by atoms with Crippen molar-refractivity contribution in [3.8, 4) is 17.2 Å². The third-order valence-electron chi connectivity index (χ3n) is 2.95. The number of aromatic hydroxyl groups is 1. The number of rotatable bonds is 6. The summed E-state index contributed by atoms with van der Waals surface area (Å²) < 4.78 is 15.2. The minimum Gasteiger partial charge on any atom is -0.504 e. The van der Waals surface area contributed by atoms with Crippen LogP contribution in [0.3, 0.4) is 0 Å². The number of carbonyl (C=O) groups is 1. The second-order valence-corrected chi connectivity index (χ2v) is 5.47. The van der Waals surface area contributed by atoms with Crippen LogP contribution in [0.15, 0.2) is 42.5 Å². The molecule has 2 rings (SSSR count). The maximum absolute atomic E-state index is 11.5. The lowest BCUT2D eigenvalue weighted by molar-refractivity contribution is 0.0596. The van der Waals surface area contributed by atoms with E-state index in [9.17, 15) is 9.90 Å². The van der Waals surface area contributed by atoms with Crippen molar-refractivity contribution in [3.05, 3.63) is 53.6 Å². The standard InChI is InChI=1S/C16H14Cl2O5/c1-21-15(20)12-3-2-4-13(14(12)19)22-9-10-5-7-11(8-6-10)23-16(17)18/h2-8,16,19H,9H2,1H3. The number of methoxy groups -OCH3 is 1. The zero-order valence-electron chi connectivity index (χ0n) is 12.2. The molecule has 122 valence electrons. The lowest BCUT2D eigenvalue weighted by Gasteiger charge is -2.11. The first kappa shape index (κ1) is 17.2. The summed E-state index contributed by atoms with van der Waals surface area (Å²) in [4.78, 5) is 11.5. The minimum absolute atomic E-state index is 0.0454. The smallest absolute Gasteiger partial charge is 0.341 e. The van der Waals surface area contributed by atoms with Crippen LogP contribution in [0, 0.1) is 0 Å². The van der Waals surface area contributed by atoms with Gasteiger partial charge in [-0.2, -0.15) is 0 Å². The van der Waals surface area contributed by atoms with Crippen molar-refractivity contribution in [2.75, 3.05) is 7.11 Å². The summed E-state index contributed by atoms with van der Waals surface area (Å²) in [5, 5.41) is 9.10. The van der Waals surface area contributed by atoms with Crippen LogP contribution >= 0.6 is 23.2 Å². The Labute approximate surface area is 143 Å². The number of phenolic OH excluding ortho intramolecular Hbond substituents is 1. The molecule has 7 heteroatoms. The van der Waals surface area contributed by atoms with E-state index in [1.165, 1.54) is 13.2 Å². The maximum atomic E-state index is 11.5. The van der Waals surface area contributed by atoms with E-state index in [-0.39, 0.29) is 23.7 Å². The molecule has 0 aliphatic rings. The lowest BCUT2D eigenvalue weighted by atomic mass is 10.2. The Bertz CT molecular complexity index is 671. The molecule has 0 fully saturated rings. The fraction of sp³-hybridized carbons (Fsp3) is 0.188. The largest absolute Gasteiger partial charge is 0.504 e. The van der Waals surface area contributed by atoms with E-state index in [4.69, 9.17) is 32.7 Å². The van der Waals surface area contributed by atoms with Gasteiger partial charge in [0.05, 0.1) is 7.11 Å². The van der Waals surface area contributed by atoms with E-state index in [0.717, 1.165) is 5.56 Å². The van der Waals surface area contributed by atoms with Crippen molar-refractivity contribution in [2.45, 2.75) is 11.6 Å². The predicted octanol–water partition coefficient (Wildman–Crippen LogP) is 3.90. The Morgan fingerprint density at radius 3 is 2.48 bits per heavy atom. The zero-order valence-corrected chi connectivity index (χ0v) is 13.7. The summed E-state index contributed by atoms with van der Waals surface area (Å²) in [6.45, 7) is 0.198. The van der Waals surface area contributed by atoms with Gasteiger partial charge in [-0.25, -0.2) is 4.79 Å². The summed E-state index contributed by atoms with van der Waals surface area (Å²) in [6, 6.07) is 11.5. The third-order valence-corrected chi connectivity index (χ3v) is 3.13. The van der Waals surface area contributed by atoms with E-state index < -0.39 is 11.0 Å². The molecule has 0 saturated carbocycles. The van der Waals surface area contributed by atoms with Gasteiger partial charge >= 0.3 is 5.97 Å². The zero-order chi connectivity index (χ0) is 16.8. The Balaban J connectivity index is 2.05. The highest BCUT2D eigenvalue weighted by Crippen LogP contribution is 2.31. The maximum Gasteiger partial charge on any atom is 0.341 e. The molecule has 2 aromatic carbocycles. The normalized spacial score (nSPS) is 10.4. The first-order valence-electron chi connectivity index (χ1n) is 6.58. The number of phenols is 1. The quantitative estimate of drug-likeness (QED) is 0.628. The van der Waals surface area contributed by atoms with Gasteiger partial charge in [0, 0.05) is 0 Å². The third kappa shape index (κ3) is 4.68. The minimum atomic E-state index is -0.935. The highest BCUT2D eigenvalue weighted by molar-refractivity contribution is 6.43. The molecule has 0 amide bonds. The van der Waals surface area contributed by atoms with Crippen LogP contribution in [0.25, 0.3) is 0 Å². The second-order valence-electron chi connectivity index (χ2n) is 4.46. The molecule has 0 atom stereocenters. The first-order chi connectivity index (χ1) is 11.0. The molecular formula is C16H14Cl2O5. The van der Waals surface area contributed by atoms with E-state index in [2.05, 4.69) is 4.74 Å². The highest BCUT2D eigenvalue weighted by Gasteiger charge is 2.15. The van der Waals surface area contributed by atoms with Crippen LogP contribution in [0.2, 0.25) is 0 Å². The molecule has 0 radical (unpaired) electrons. The van der Waals surface area contributed by atoms with Gasteiger partial charge < -0.3 is 19.3 Å². The fourth-order valence-corrected chi connectivity index (χ4v) is 2.05. The van der Waals surface area contributed by atoms with Gasteiger partial charge in [0.15, 0.2) is 11.5 Å². The van der Waals surface area contributed by atoms with Crippen molar-refractivity contribution in [2.24, 2.45) is 0 Å². The van der Waals surface area contributed by atoms with Crippen molar-refractivity contribution in [1.29, 1.82) is 0 Å². The molecule has 2 aromatic rings. The van der Waals surface area contributed by atoms with Gasteiger partial charge in [0.2, 0.25) is 5.02 Å². The van der Waals surface area contributed by atoms with Crippen molar-refractivity contribution >= 4 is 29.2 Å². The summed E-state index contributed by atoms with van der Waals surface area (Å²) in [5.74, 6) is -0.174. The molecule has 0 aliphatic heterocycles. The van der Waals surface area contributed by atoms with Crippen molar-refractivity contribution in [3.63, 3.8) is 0 Å². The number of benzene rings is 2. The van der Waals surface area contributed by atoms with E-state index in [0.29, 0.717) is 5.75 Å². The number of esters is 1. The van der Waals surface area contributed by atoms with Gasteiger partial charge in [-0.05, 0) is 29.8 Å². The van der Waals surface area contributed by atoms with Crippen LogP contribution in [0.5, 0.6) is 17.2 Å². The highest BCUT2D eigenvalue weighted by atomic mass is 35.5. The molecule has 5 nitrogen and oxygen atoms in total.